The minimum Gasteiger partial charge on any atom is -0.494 e. The number of hydrogen-bond acceptors (Lipinski definition) is 5. The van der Waals surface area contributed by atoms with E-state index in [1.807, 2.05) is 18.2 Å². The first-order valence-electron chi connectivity index (χ1n) is 8.95. The second-order valence-electron chi connectivity index (χ2n) is 6.81. The topological polar surface area (TPSA) is 54.7 Å². The van der Waals surface area contributed by atoms with Crippen molar-refractivity contribution in [2.75, 3.05) is 31.6 Å². The normalized spacial score (nSPS) is 17.3. The van der Waals surface area contributed by atoms with Crippen LogP contribution in [0.4, 0.5) is 10.1 Å². The van der Waals surface area contributed by atoms with Crippen molar-refractivity contribution in [1.29, 1.82) is 0 Å². The summed E-state index contributed by atoms with van der Waals surface area (Å²) in [5.74, 6) is -0.0182. The molecule has 6 heteroatoms. The van der Waals surface area contributed by atoms with Crippen LogP contribution in [0.25, 0.3) is 22.3 Å². The summed E-state index contributed by atoms with van der Waals surface area (Å²) < 4.78 is 24.8. The first-order valence-corrected chi connectivity index (χ1v) is 8.95. The largest absolute Gasteiger partial charge is 0.494 e. The van der Waals surface area contributed by atoms with Gasteiger partial charge in [0.2, 0.25) is 0 Å². The third-order valence-corrected chi connectivity index (χ3v) is 4.88. The minimum absolute atomic E-state index is 0.146. The van der Waals surface area contributed by atoms with E-state index in [0.717, 1.165) is 25.3 Å². The van der Waals surface area contributed by atoms with E-state index in [0.29, 0.717) is 28.3 Å². The van der Waals surface area contributed by atoms with Gasteiger partial charge in [0.15, 0.2) is 17.0 Å². The fourth-order valence-electron chi connectivity index (χ4n) is 3.47. The zero-order valence-electron chi connectivity index (χ0n) is 15.3. The maximum absolute atomic E-state index is 14.0. The second-order valence-corrected chi connectivity index (χ2v) is 6.81. The fraction of sp³-hybridized carbons (Fsp3) is 0.286. The van der Waals surface area contributed by atoms with Crippen molar-refractivity contribution < 1.29 is 13.5 Å². The molecule has 0 amide bonds. The maximum atomic E-state index is 14.0. The van der Waals surface area contributed by atoms with Crippen molar-refractivity contribution in [1.82, 2.24) is 5.32 Å². The van der Waals surface area contributed by atoms with Crippen LogP contribution in [0.2, 0.25) is 0 Å². The Labute approximate surface area is 156 Å². The molecule has 1 fully saturated rings. The number of piperazine rings is 1. The molecule has 4 rings (SSSR count). The molecule has 1 aliphatic rings. The van der Waals surface area contributed by atoms with Crippen LogP contribution in [0.5, 0.6) is 5.75 Å². The Hall–Kier alpha value is -2.86. The molecule has 1 N–H and O–H groups in total. The molecule has 3 aromatic rings. The Bertz CT molecular complexity index is 1050. The monoisotopic (exact) mass is 368 g/mol. The van der Waals surface area contributed by atoms with E-state index in [-0.39, 0.29) is 11.2 Å². The predicted octanol–water partition coefficient (Wildman–Crippen LogP) is 3.41. The van der Waals surface area contributed by atoms with E-state index >= 15 is 0 Å². The van der Waals surface area contributed by atoms with E-state index in [9.17, 15) is 9.18 Å². The Morgan fingerprint density at radius 2 is 2.07 bits per heavy atom. The third kappa shape index (κ3) is 3.40. The zero-order valence-corrected chi connectivity index (χ0v) is 15.3. The van der Waals surface area contributed by atoms with Gasteiger partial charge in [-0.2, -0.15) is 0 Å². The number of benzene rings is 2. The molecule has 1 aromatic heterocycles. The van der Waals surface area contributed by atoms with E-state index in [2.05, 4.69) is 17.1 Å². The highest BCUT2D eigenvalue weighted by Gasteiger charge is 2.17. The third-order valence-electron chi connectivity index (χ3n) is 4.88. The van der Waals surface area contributed by atoms with Crippen LogP contribution in [-0.4, -0.2) is 32.8 Å². The Morgan fingerprint density at radius 1 is 1.22 bits per heavy atom. The van der Waals surface area contributed by atoms with Gasteiger partial charge in [0.25, 0.3) is 0 Å². The summed E-state index contributed by atoms with van der Waals surface area (Å²) in [6, 6.07) is 11.9. The summed E-state index contributed by atoms with van der Waals surface area (Å²) in [5.41, 5.74) is 1.84. The van der Waals surface area contributed by atoms with Crippen molar-refractivity contribution >= 4 is 16.7 Å². The SMILES string of the molecule is COc1ccc(-c2cc(=O)c3cc(N4CCN[C@H](C)C4)ccc3o2)cc1F. The van der Waals surface area contributed by atoms with Crippen molar-refractivity contribution in [3.63, 3.8) is 0 Å². The molecule has 0 spiro atoms. The zero-order chi connectivity index (χ0) is 19.0. The molecule has 0 unspecified atom stereocenters. The summed E-state index contributed by atoms with van der Waals surface area (Å²) in [6.45, 7) is 4.84. The highest BCUT2D eigenvalue weighted by atomic mass is 19.1. The Kier molecular flexibility index (Phi) is 4.58. The Balaban J connectivity index is 1.73. The van der Waals surface area contributed by atoms with Crippen LogP contribution >= 0.6 is 0 Å². The van der Waals surface area contributed by atoms with E-state index in [1.165, 1.54) is 25.3 Å². The smallest absolute Gasteiger partial charge is 0.193 e. The number of halogens is 1. The lowest BCUT2D eigenvalue weighted by Gasteiger charge is -2.33. The van der Waals surface area contributed by atoms with Gasteiger partial charge in [-0.25, -0.2) is 4.39 Å². The number of nitrogens with zero attached hydrogens (tertiary/aromatic N) is 1. The van der Waals surface area contributed by atoms with Gasteiger partial charge in [0.05, 0.1) is 12.5 Å². The van der Waals surface area contributed by atoms with E-state index < -0.39 is 5.82 Å². The van der Waals surface area contributed by atoms with Crippen LogP contribution in [0, 0.1) is 5.82 Å². The molecular weight excluding hydrogens is 347 g/mol. The van der Waals surface area contributed by atoms with Gasteiger partial charge < -0.3 is 19.4 Å². The van der Waals surface area contributed by atoms with Crippen LogP contribution < -0.4 is 20.4 Å². The predicted molar refractivity (Wildman–Crippen MR) is 104 cm³/mol. The number of hydrogen-bond donors (Lipinski definition) is 1. The summed E-state index contributed by atoms with van der Waals surface area (Å²) in [5, 5.41) is 3.93. The number of nitrogens with one attached hydrogen (secondary N) is 1. The number of fused-ring (bicyclic) bond motifs is 1. The van der Waals surface area contributed by atoms with Crippen molar-refractivity contribution in [3.8, 4) is 17.1 Å². The lowest BCUT2D eigenvalue weighted by Crippen LogP contribution is -2.49. The molecule has 0 radical (unpaired) electrons. The summed E-state index contributed by atoms with van der Waals surface area (Å²) >= 11 is 0. The molecule has 0 aliphatic carbocycles. The lowest BCUT2D eigenvalue weighted by atomic mass is 10.1. The van der Waals surface area contributed by atoms with Gasteiger partial charge in [0, 0.05) is 43.0 Å². The number of rotatable bonds is 3. The van der Waals surface area contributed by atoms with E-state index in [1.54, 1.807) is 6.07 Å². The Morgan fingerprint density at radius 3 is 2.81 bits per heavy atom. The summed E-state index contributed by atoms with van der Waals surface area (Å²) in [6.07, 6.45) is 0. The second kappa shape index (κ2) is 7.04. The molecule has 140 valence electrons. The average molecular weight is 368 g/mol. The average Bonchev–Trinajstić information content (AvgIpc) is 2.67. The first kappa shape index (κ1) is 17.5. The van der Waals surface area contributed by atoms with Gasteiger partial charge in [-0.1, -0.05) is 0 Å². The van der Waals surface area contributed by atoms with Gasteiger partial charge in [-0.15, -0.1) is 0 Å². The molecule has 2 aromatic carbocycles. The number of anilines is 1. The van der Waals surface area contributed by atoms with E-state index in [4.69, 9.17) is 9.15 Å². The fourth-order valence-corrected chi connectivity index (χ4v) is 3.47. The van der Waals surface area contributed by atoms with Crippen molar-refractivity contribution in [2.24, 2.45) is 0 Å². The van der Waals surface area contributed by atoms with Gasteiger partial charge in [-0.05, 0) is 43.3 Å². The number of methoxy groups -OCH3 is 1. The maximum Gasteiger partial charge on any atom is 0.193 e. The van der Waals surface area contributed by atoms with Gasteiger partial charge in [-0.3, -0.25) is 4.79 Å². The van der Waals surface area contributed by atoms with Crippen molar-refractivity contribution in [3.05, 3.63) is 58.5 Å². The molecule has 0 bridgehead atoms. The van der Waals surface area contributed by atoms with Crippen LogP contribution in [0.1, 0.15) is 6.92 Å². The molecule has 0 saturated carbocycles. The molecular formula is C21H21FN2O3. The highest BCUT2D eigenvalue weighted by Crippen LogP contribution is 2.28. The van der Waals surface area contributed by atoms with Crippen molar-refractivity contribution in [2.45, 2.75) is 13.0 Å². The minimum atomic E-state index is -0.499. The van der Waals surface area contributed by atoms with Gasteiger partial charge in [0.1, 0.15) is 11.3 Å². The van der Waals surface area contributed by atoms with Crippen LogP contribution in [0.15, 0.2) is 51.7 Å². The molecule has 1 saturated heterocycles. The quantitative estimate of drug-likeness (QED) is 0.768. The summed E-state index contributed by atoms with van der Waals surface area (Å²) in [7, 11) is 1.41. The van der Waals surface area contributed by atoms with Crippen LogP contribution in [0.3, 0.4) is 0 Å². The molecule has 1 atom stereocenters. The standard InChI is InChI=1S/C21H21FN2O3/c1-13-12-24(8-7-23-13)15-4-6-19-16(10-15)18(25)11-21(27-19)14-3-5-20(26-2)17(22)9-14/h3-6,9-11,13,23H,7-8,12H2,1-2H3/t13-/m1/s1. The molecule has 2 heterocycles. The molecule has 27 heavy (non-hydrogen) atoms. The van der Waals surface area contributed by atoms with Crippen LogP contribution in [-0.2, 0) is 0 Å². The lowest BCUT2D eigenvalue weighted by molar-refractivity contribution is 0.386. The molecule has 1 aliphatic heterocycles. The highest BCUT2D eigenvalue weighted by molar-refractivity contribution is 5.82. The summed E-state index contributed by atoms with van der Waals surface area (Å²) in [4.78, 5) is 14.9. The molecule has 5 nitrogen and oxygen atoms in total. The first-order chi connectivity index (χ1) is 13.0. The van der Waals surface area contributed by atoms with Gasteiger partial charge >= 0.3 is 0 Å². The number of ether oxygens (including phenoxy) is 1.